The molecule has 2 aromatic rings. The highest BCUT2D eigenvalue weighted by Gasteiger charge is 2.03. The molecular weight excluding hydrogens is 301 g/mol. The van der Waals surface area contributed by atoms with Crippen LogP contribution in [0.15, 0.2) is 47.6 Å². The van der Waals surface area contributed by atoms with Gasteiger partial charge in [-0.25, -0.2) is 4.79 Å². The van der Waals surface area contributed by atoms with Gasteiger partial charge in [0, 0.05) is 10.0 Å². The monoisotopic (exact) mass is 309 g/mol. The maximum atomic E-state index is 10.8. The van der Waals surface area contributed by atoms with Gasteiger partial charge in [0.2, 0.25) is 0 Å². The van der Waals surface area contributed by atoms with E-state index in [1.165, 1.54) is 18.3 Å². The van der Waals surface area contributed by atoms with Crippen molar-refractivity contribution in [1.29, 1.82) is 0 Å². The van der Waals surface area contributed by atoms with E-state index in [1.54, 1.807) is 30.3 Å². The van der Waals surface area contributed by atoms with Crippen LogP contribution in [0.2, 0.25) is 10.0 Å². The molecule has 0 aromatic heterocycles. The Hall–Kier alpha value is -2.04. The summed E-state index contributed by atoms with van der Waals surface area (Å²) in [6, 6.07) is 11.0. The predicted molar refractivity (Wildman–Crippen MR) is 78.1 cm³/mol. The number of rotatable bonds is 4. The molecule has 0 spiro atoms. The number of halogens is 2. The fourth-order valence-corrected chi connectivity index (χ4v) is 2.03. The molecule has 6 heteroatoms. The maximum Gasteiger partial charge on any atom is 0.335 e. The van der Waals surface area contributed by atoms with E-state index in [0.717, 1.165) is 0 Å². The summed E-state index contributed by atoms with van der Waals surface area (Å²) < 4.78 is 0. The number of carboxylic acids is 1. The van der Waals surface area contributed by atoms with Crippen LogP contribution in [0.3, 0.4) is 0 Å². The summed E-state index contributed by atoms with van der Waals surface area (Å²) in [7, 11) is 0. The molecule has 0 heterocycles. The lowest BCUT2D eigenvalue weighted by atomic mass is 10.2. The fraction of sp³-hybridized carbons (Fsp3) is 0. The average Bonchev–Trinajstić information content (AvgIpc) is 2.38. The van der Waals surface area contributed by atoms with Crippen molar-refractivity contribution in [2.45, 2.75) is 0 Å². The van der Waals surface area contributed by atoms with Crippen LogP contribution in [-0.4, -0.2) is 17.3 Å². The molecule has 0 aliphatic carbocycles. The Morgan fingerprint density at radius 2 is 1.85 bits per heavy atom. The largest absolute Gasteiger partial charge is 0.478 e. The molecule has 4 nitrogen and oxygen atoms in total. The second-order valence-corrected chi connectivity index (χ2v) is 4.73. The van der Waals surface area contributed by atoms with Crippen LogP contribution in [0.5, 0.6) is 5.75 Å². The Kier molecular flexibility index (Phi) is 4.61. The standard InChI is InChI=1S/C14H9Cl2NO3/c15-11-4-9(5-12(16)7-11)8-17-20-13-3-1-2-10(6-13)14(18)19/h1-8H,(H,18,19)/b17-8+. The van der Waals surface area contributed by atoms with E-state index in [2.05, 4.69) is 5.16 Å². The minimum Gasteiger partial charge on any atom is -0.478 e. The number of benzene rings is 2. The molecule has 0 bridgehead atoms. The van der Waals surface area contributed by atoms with Crippen LogP contribution >= 0.6 is 23.2 Å². The minimum atomic E-state index is -1.03. The van der Waals surface area contributed by atoms with Crippen molar-refractivity contribution in [2.75, 3.05) is 0 Å². The third kappa shape index (κ3) is 3.98. The van der Waals surface area contributed by atoms with E-state index in [-0.39, 0.29) is 5.56 Å². The normalized spacial score (nSPS) is 10.7. The minimum absolute atomic E-state index is 0.128. The Morgan fingerprint density at radius 1 is 1.15 bits per heavy atom. The van der Waals surface area contributed by atoms with Gasteiger partial charge in [-0.3, -0.25) is 0 Å². The van der Waals surface area contributed by atoms with Gasteiger partial charge < -0.3 is 9.94 Å². The van der Waals surface area contributed by atoms with Crippen molar-refractivity contribution in [3.05, 3.63) is 63.6 Å². The van der Waals surface area contributed by atoms with Gasteiger partial charge in [-0.05, 0) is 42.0 Å². The van der Waals surface area contributed by atoms with Crippen molar-refractivity contribution >= 4 is 35.4 Å². The zero-order valence-corrected chi connectivity index (χ0v) is 11.6. The molecule has 2 aromatic carbocycles. The lowest BCUT2D eigenvalue weighted by Crippen LogP contribution is -1.96. The second-order valence-electron chi connectivity index (χ2n) is 3.86. The topological polar surface area (TPSA) is 58.9 Å². The average molecular weight is 310 g/mol. The number of nitrogens with zero attached hydrogens (tertiary/aromatic N) is 1. The van der Waals surface area contributed by atoms with E-state index in [0.29, 0.717) is 21.4 Å². The van der Waals surface area contributed by atoms with Crippen molar-refractivity contribution < 1.29 is 14.7 Å². The van der Waals surface area contributed by atoms with Gasteiger partial charge in [0.15, 0.2) is 5.75 Å². The van der Waals surface area contributed by atoms with E-state index < -0.39 is 5.97 Å². The number of hydrogen-bond acceptors (Lipinski definition) is 3. The Bertz CT molecular complexity index is 651. The van der Waals surface area contributed by atoms with Gasteiger partial charge >= 0.3 is 5.97 Å². The molecule has 0 amide bonds. The van der Waals surface area contributed by atoms with Gasteiger partial charge in [-0.1, -0.05) is 34.4 Å². The zero-order chi connectivity index (χ0) is 14.5. The Morgan fingerprint density at radius 3 is 2.50 bits per heavy atom. The first kappa shape index (κ1) is 14.4. The summed E-state index contributed by atoms with van der Waals surface area (Å²) in [6.07, 6.45) is 1.44. The quantitative estimate of drug-likeness (QED) is 0.683. The van der Waals surface area contributed by atoms with E-state index >= 15 is 0 Å². The molecule has 0 atom stereocenters. The molecule has 0 aliphatic rings. The zero-order valence-electron chi connectivity index (χ0n) is 10.1. The Balaban J connectivity index is 2.09. The van der Waals surface area contributed by atoms with Crippen LogP contribution in [0, 0.1) is 0 Å². The third-order valence-corrected chi connectivity index (χ3v) is 2.76. The number of hydrogen-bond donors (Lipinski definition) is 1. The Labute approximate surface area is 125 Å². The number of aromatic carboxylic acids is 1. The molecule has 2 rings (SSSR count). The van der Waals surface area contributed by atoms with E-state index in [9.17, 15) is 4.79 Å². The first-order chi connectivity index (χ1) is 9.54. The highest BCUT2D eigenvalue weighted by atomic mass is 35.5. The predicted octanol–water partition coefficient (Wildman–Crippen LogP) is 4.10. The molecule has 0 saturated carbocycles. The molecule has 0 fully saturated rings. The second kappa shape index (κ2) is 6.41. The van der Waals surface area contributed by atoms with E-state index in [4.69, 9.17) is 33.1 Å². The summed E-state index contributed by atoms with van der Waals surface area (Å²) in [6.45, 7) is 0. The number of carbonyl (C=O) groups is 1. The molecule has 0 radical (unpaired) electrons. The van der Waals surface area contributed by atoms with Crippen LogP contribution in [0.4, 0.5) is 0 Å². The van der Waals surface area contributed by atoms with Gasteiger partial charge in [0.25, 0.3) is 0 Å². The first-order valence-corrected chi connectivity index (χ1v) is 6.30. The van der Waals surface area contributed by atoms with E-state index in [1.807, 2.05) is 0 Å². The number of carboxylic acid groups (broad SMARTS) is 1. The molecule has 1 N–H and O–H groups in total. The van der Waals surface area contributed by atoms with Crippen LogP contribution in [0.1, 0.15) is 15.9 Å². The van der Waals surface area contributed by atoms with Crippen LogP contribution in [0.25, 0.3) is 0 Å². The van der Waals surface area contributed by atoms with Crippen molar-refractivity contribution in [3.63, 3.8) is 0 Å². The molecule has 0 aliphatic heterocycles. The van der Waals surface area contributed by atoms with Gasteiger partial charge in [0.05, 0.1) is 11.8 Å². The molecular formula is C14H9Cl2NO3. The van der Waals surface area contributed by atoms with Gasteiger partial charge in [0.1, 0.15) is 0 Å². The third-order valence-electron chi connectivity index (χ3n) is 2.33. The highest BCUT2D eigenvalue weighted by molar-refractivity contribution is 6.35. The SMILES string of the molecule is O=C(O)c1cccc(O/N=C/c2cc(Cl)cc(Cl)c2)c1. The fourth-order valence-electron chi connectivity index (χ4n) is 1.48. The summed E-state index contributed by atoms with van der Waals surface area (Å²) in [5, 5.41) is 13.6. The summed E-state index contributed by atoms with van der Waals surface area (Å²) in [5.41, 5.74) is 0.806. The van der Waals surface area contributed by atoms with Gasteiger partial charge in [-0.15, -0.1) is 0 Å². The van der Waals surface area contributed by atoms with Crippen LogP contribution < -0.4 is 4.84 Å². The highest BCUT2D eigenvalue weighted by Crippen LogP contribution is 2.18. The molecule has 0 unspecified atom stereocenters. The lowest BCUT2D eigenvalue weighted by Gasteiger charge is -2.00. The summed E-state index contributed by atoms with van der Waals surface area (Å²) >= 11 is 11.7. The molecule has 102 valence electrons. The molecule has 20 heavy (non-hydrogen) atoms. The summed E-state index contributed by atoms with van der Waals surface area (Å²) in [5.74, 6) is -0.699. The first-order valence-electron chi connectivity index (χ1n) is 5.54. The van der Waals surface area contributed by atoms with Crippen molar-refractivity contribution in [3.8, 4) is 5.75 Å². The maximum absolute atomic E-state index is 10.8. The number of oxime groups is 1. The molecule has 0 saturated heterocycles. The van der Waals surface area contributed by atoms with Crippen molar-refractivity contribution in [1.82, 2.24) is 0 Å². The lowest BCUT2D eigenvalue weighted by molar-refractivity contribution is 0.0696. The van der Waals surface area contributed by atoms with Gasteiger partial charge in [-0.2, -0.15) is 0 Å². The van der Waals surface area contributed by atoms with Crippen LogP contribution in [-0.2, 0) is 0 Å². The smallest absolute Gasteiger partial charge is 0.335 e. The van der Waals surface area contributed by atoms with Crippen molar-refractivity contribution in [2.24, 2.45) is 5.16 Å². The summed E-state index contributed by atoms with van der Waals surface area (Å²) in [4.78, 5) is 15.9.